The zero-order valence-corrected chi connectivity index (χ0v) is 21.2. The Bertz CT molecular complexity index is 704. The van der Waals surface area contributed by atoms with Gasteiger partial charge in [0.15, 0.2) is 5.96 Å². The fourth-order valence-corrected chi connectivity index (χ4v) is 3.74. The lowest BCUT2D eigenvalue weighted by atomic mass is 9.94. The van der Waals surface area contributed by atoms with Crippen molar-refractivity contribution in [3.63, 3.8) is 0 Å². The van der Waals surface area contributed by atoms with Crippen LogP contribution in [0.25, 0.3) is 0 Å². The van der Waals surface area contributed by atoms with Gasteiger partial charge < -0.3 is 15.7 Å². The molecule has 1 atom stereocenters. The monoisotopic (exact) mass is 544 g/mol. The summed E-state index contributed by atoms with van der Waals surface area (Å²) in [6.07, 6.45) is 3.37. The number of guanidine groups is 1. The topological polar surface area (TPSA) is 94.0 Å². The maximum absolute atomic E-state index is 12.4. The maximum Gasteiger partial charge on any atom is 0.261 e. The van der Waals surface area contributed by atoms with E-state index in [9.17, 15) is 14.7 Å². The number of aliphatic hydroxyl groups excluding tert-OH is 1. The zero-order chi connectivity index (χ0) is 21.9. The van der Waals surface area contributed by atoms with Crippen molar-refractivity contribution in [2.45, 2.75) is 46.5 Å². The number of hydrogen-bond acceptors (Lipinski definition) is 4. The van der Waals surface area contributed by atoms with Gasteiger partial charge in [-0.3, -0.25) is 19.5 Å². The van der Waals surface area contributed by atoms with E-state index >= 15 is 0 Å². The molecule has 2 rings (SSSR count). The first-order chi connectivity index (χ1) is 14.5. The molecule has 0 fully saturated rings. The molecule has 3 N–H and O–H groups in total. The second-order valence-electron chi connectivity index (χ2n) is 8.17. The molecule has 1 aliphatic rings. The number of nitrogens with one attached hydrogen (secondary N) is 2. The number of aliphatic hydroxyl groups is 1. The molecule has 0 bridgehead atoms. The average molecular weight is 544 g/mol. The fourth-order valence-electron chi connectivity index (χ4n) is 3.74. The Morgan fingerprint density at radius 1 is 1.10 bits per heavy atom. The quantitative estimate of drug-likeness (QED) is 0.124. The molecule has 174 valence electrons. The summed E-state index contributed by atoms with van der Waals surface area (Å²) < 4.78 is 0. The van der Waals surface area contributed by atoms with Crippen LogP contribution >= 0.6 is 24.0 Å². The van der Waals surface area contributed by atoms with Crippen LogP contribution in [-0.2, 0) is 0 Å². The summed E-state index contributed by atoms with van der Waals surface area (Å²) in [5.41, 5.74) is 1.00. The van der Waals surface area contributed by atoms with E-state index in [1.807, 2.05) is 6.92 Å². The van der Waals surface area contributed by atoms with Gasteiger partial charge in [-0.25, -0.2) is 0 Å². The van der Waals surface area contributed by atoms with Gasteiger partial charge in [0.1, 0.15) is 0 Å². The highest BCUT2D eigenvalue weighted by Gasteiger charge is 2.34. The van der Waals surface area contributed by atoms with Gasteiger partial charge in [0.2, 0.25) is 0 Å². The molecule has 0 aromatic heterocycles. The molecular formula is C23H37IN4O3. The second kappa shape index (κ2) is 14.4. The standard InChI is InChI=1S/C23H36N4O3.HI/c1-4-24-23(26-16-18(11-14-28)15-17(2)3)25-12-7-8-13-27-21(29)19-9-5-6-10-20(19)22(27)30;/h5-6,9-10,17-18,28H,4,7-8,11-16H2,1-3H3,(H2,24,25,26);1H. The number of benzene rings is 1. The lowest BCUT2D eigenvalue weighted by Crippen LogP contribution is -2.38. The van der Waals surface area contributed by atoms with E-state index < -0.39 is 0 Å². The van der Waals surface area contributed by atoms with Crippen LogP contribution in [0.1, 0.15) is 67.2 Å². The SMILES string of the molecule is CCNC(=NCC(CCO)CC(C)C)NCCCCN1C(=O)c2ccccc2C1=O.I. The number of halogens is 1. The van der Waals surface area contributed by atoms with Crippen LogP contribution in [0.5, 0.6) is 0 Å². The molecule has 0 aliphatic carbocycles. The third-order valence-electron chi connectivity index (χ3n) is 5.17. The number of aliphatic imine (C=N–C) groups is 1. The van der Waals surface area contributed by atoms with Gasteiger partial charge in [0, 0.05) is 32.8 Å². The summed E-state index contributed by atoms with van der Waals surface area (Å²) in [5, 5.41) is 15.8. The van der Waals surface area contributed by atoms with Gasteiger partial charge >= 0.3 is 0 Å². The Morgan fingerprint density at radius 3 is 2.29 bits per heavy atom. The Balaban J connectivity index is 0.00000480. The van der Waals surface area contributed by atoms with Gasteiger partial charge in [0.25, 0.3) is 11.8 Å². The molecule has 0 radical (unpaired) electrons. The Labute approximate surface area is 203 Å². The lowest BCUT2D eigenvalue weighted by molar-refractivity contribution is 0.0652. The van der Waals surface area contributed by atoms with Crippen molar-refractivity contribution in [3.8, 4) is 0 Å². The summed E-state index contributed by atoms with van der Waals surface area (Å²) in [4.78, 5) is 30.8. The van der Waals surface area contributed by atoms with Crippen molar-refractivity contribution in [2.75, 3.05) is 32.8 Å². The molecule has 0 saturated heterocycles. The average Bonchev–Trinajstić information content (AvgIpc) is 2.96. The van der Waals surface area contributed by atoms with Crippen molar-refractivity contribution >= 4 is 41.8 Å². The first-order valence-corrected chi connectivity index (χ1v) is 11.1. The Morgan fingerprint density at radius 2 is 1.74 bits per heavy atom. The molecule has 1 aliphatic heterocycles. The predicted octanol–water partition coefficient (Wildman–Crippen LogP) is 3.28. The molecule has 0 saturated carbocycles. The van der Waals surface area contributed by atoms with Crippen LogP contribution in [0.3, 0.4) is 0 Å². The summed E-state index contributed by atoms with van der Waals surface area (Å²) in [6.45, 7) is 9.18. The summed E-state index contributed by atoms with van der Waals surface area (Å²) in [7, 11) is 0. The second-order valence-corrected chi connectivity index (χ2v) is 8.17. The third kappa shape index (κ3) is 8.40. The van der Waals surface area contributed by atoms with Crippen LogP contribution in [0.15, 0.2) is 29.3 Å². The summed E-state index contributed by atoms with van der Waals surface area (Å²) in [5.74, 6) is 1.33. The molecule has 1 unspecified atom stereocenters. The summed E-state index contributed by atoms with van der Waals surface area (Å²) in [6, 6.07) is 6.98. The number of amides is 2. The smallest absolute Gasteiger partial charge is 0.261 e. The van der Waals surface area contributed by atoms with Crippen molar-refractivity contribution in [1.29, 1.82) is 0 Å². The number of nitrogens with zero attached hydrogens (tertiary/aromatic N) is 2. The van der Waals surface area contributed by atoms with Crippen LogP contribution in [0.2, 0.25) is 0 Å². The Kier molecular flexibility index (Phi) is 12.7. The normalized spacial score (nSPS) is 14.5. The van der Waals surface area contributed by atoms with Crippen LogP contribution < -0.4 is 10.6 Å². The van der Waals surface area contributed by atoms with Gasteiger partial charge in [-0.1, -0.05) is 26.0 Å². The van der Waals surface area contributed by atoms with E-state index in [-0.39, 0.29) is 42.4 Å². The van der Waals surface area contributed by atoms with Crippen molar-refractivity contribution in [2.24, 2.45) is 16.8 Å². The van der Waals surface area contributed by atoms with Gasteiger partial charge in [-0.05, 0) is 56.6 Å². The highest BCUT2D eigenvalue weighted by atomic mass is 127. The molecule has 31 heavy (non-hydrogen) atoms. The molecule has 0 spiro atoms. The molecular weight excluding hydrogens is 507 g/mol. The summed E-state index contributed by atoms with van der Waals surface area (Å²) >= 11 is 0. The maximum atomic E-state index is 12.4. The first-order valence-electron chi connectivity index (χ1n) is 11.1. The van der Waals surface area contributed by atoms with E-state index in [0.717, 1.165) is 38.2 Å². The molecule has 7 nitrogen and oxygen atoms in total. The van der Waals surface area contributed by atoms with Crippen molar-refractivity contribution in [3.05, 3.63) is 35.4 Å². The van der Waals surface area contributed by atoms with E-state index in [1.165, 1.54) is 4.90 Å². The van der Waals surface area contributed by atoms with Gasteiger partial charge in [0.05, 0.1) is 11.1 Å². The van der Waals surface area contributed by atoms with E-state index in [4.69, 9.17) is 0 Å². The van der Waals surface area contributed by atoms with Crippen LogP contribution in [0.4, 0.5) is 0 Å². The molecule has 8 heteroatoms. The van der Waals surface area contributed by atoms with Crippen molar-refractivity contribution in [1.82, 2.24) is 15.5 Å². The fraction of sp³-hybridized carbons (Fsp3) is 0.609. The van der Waals surface area contributed by atoms with E-state index in [2.05, 4.69) is 29.5 Å². The number of carbonyl (C=O) groups excluding carboxylic acids is 2. The lowest BCUT2D eigenvalue weighted by Gasteiger charge is -2.18. The number of rotatable bonds is 12. The molecule has 1 aromatic carbocycles. The van der Waals surface area contributed by atoms with Crippen LogP contribution in [0, 0.1) is 11.8 Å². The van der Waals surface area contributed by atoms with Crippen molar-refractivity contribution < 1.29 is 14.7 Å². The van der Waals surface area contributed by atoms with E-state index in [0.29, 0.717) is 42.6 Å². The van der Waals surface area contributed by atoms with Gasteiger partial charge in [-0.15, -0.1) is 24.0 Å². The third-order valence-corrected chi connectivity index (χ3v) is 5.17. The van der Waals surface area contributed by atoms with Gasteiger partial charge in [-0.2, -0.15) is 0 Å². The minimum absolute atomic E-state index is 0. The van der Waals surface area contributed by atoms with Crippen LogP contribution in [-0.4, -0.2) is 60.6 Å². The Hall–Kier alpha value is -1.68. The highest BCUT2D eigenvalue weighted by Crippen LogP contribution is 2.22. The predicted molar refractivity (Wildman–Crippen MR) is 135 cm³/mol. The number of imide groups is 1. The molecule has 2 amide bonds. The number of hydrogen-bond donors (Lipinski definition) is 3. The number of unbranched alkanes of at least 4 members (excludes halogenated alkanes) is 1. The molecule has 1 heterocycles. The number of fused-ring (bicyclic) bond motifs is 1. The first kappa shape index (κ1) is 27.4. The minimum atomic E-state index is -0.196. The zero-order valence-electron chi connectivity index (χ0n) is 18.9. The van der Waals surface area contributed by atoms with E-state index in [1.54, 1.807) is 24.3 Å². The molecule has 1 aromatic rings. The number of carbonyl (C=O) groups is 2. The highest BCUT2D eigenvalue weighted by molar-refractivity contribution is 14.0. The minimum Gasteiger partial charge on any atom is -0.396 e. The largest absolute Gasteiger partial charge is 0.396 e.